The molecule has 1 aromatic heterocycles. The average Bonchev–Trinajstić information content (AvgIpc) is 3.06. The van der Waals surface area contributed by atoms with Crippen LogP contribution in [0.25, 0.3) is 10.9 Å². The number of fused-ring (bicyclic) bond motifs is 1. The van der Waals surface area contributed by atoms with E-state index in [2.05, 4.69) is 24.1 Å². The van der Waals surface area contributed by atoms with Crippen molar-refractivity contribution in [2.75, 3.05) is 6.54 Å². The summed E-state index contributed by atoms with van der Waals surface area (Å²) < 4.78 is 0. The van der Waals surface area contributed by atoms with Gasteiger partial charge in [-0.25, -0.2) is 0 Å². The van der Waals surface area contributed by atoms with Gasteiger partial charge in [0.15, 0.2) is 0 Å². The molecule has 1 aromatic carbocycles. The number of carbonyl (C=O) groups is 1. The predicted octanol–water partition coefficient (Wildman–Crippen LogP) is 3.33. The number of amides is 1. The average molecular weight is 256 g/mol. The molecule has 1 aliphatic carbocycles. The van der Waals surface area contributed by atoms with Crippen molar-refractivity contribution < 1.29 is 4.79 Å². The van der Waals surface area contributed by atoms with Gasteiger partial charge in [-0.1, -0.05) is 13.8 Å². The van der Waals surface area contributed by atoms with E-state index in [1.165, 1.54) is 12.8 Å². The van der Waals surface area contributed by atoms with Gasteiger partial charge in [-0.2, -0.15) is 0 Å². The molecule has 2 aromatic rings. The summed E-state index contributed by atoms with van der Waals surface area (Å²) in [5.41, 5.74) is 2.16. The van der Waals surface area contributed by atoms with Gasteiger partial charge in [0.05, 0.1) is 0 Å². The van der Waals surface area contributed by atoms with Crippen LogP contribution in [-0.2, 0) is 0 Å². The lowest BCUT2D eigenvalue weighted by atomic mass is 9.92. The second kappa shape index (κ2) is 4.41. The van der Waals surface area contributed by atoms with Crippen LogP contribution in [0.5, 0.6) is 0 Å². The highest BCUT2D eigenvalue weighted by molar-refractivity contribution is 5.98. The van der Waals surface area contributed by atoms with Gasteiger partial charge in [-0.15, -0.1) is 0 Å². The SMILES string of the molecule is CC(C)C1(CNC(=O)c2ccc3[nH]ccc3c2)CC1. The summed E-state index contributed by atoms with van der Waals surface area (Å²) in [6.07, 6.45) is 4.37. The van der Waals surface area contributed by atoms with Crippen LogP contribution in [0.4, 0.5) is 0 Å². The van der Waals surface area contributed by atoms with Crippen LogP contribution in [0.2, 0.25) is 0 Å². The first-order chi connectivity index (χ1) is 9.11. The Kier molecular flexibility index (Phi) is 2.85. The van der Waals surface area contributed by atoms with Crippen molar-refractivity contribution >= 4 is 16.8 Å². The number of hydrogen-bond donors (Lipinski definition) is 2. The fraction of sp³-hybridized carbons (Fsp3) is 0.438. The Balaban J connectivity index is 1.70. The molecule has 100 valence electrons. The smallest absolute Gasteiger partial charge is 0.251 e. The van der Waals surface area contributed by atoms with Crippen molar-refractivity contribution in [3.8, 4) is 0 Å². The number of hydrogen-bond acceptors (Lipinski definition) is 1. The lowest BCUT2D eigenvalue weighted by molar-refractivity contribution is 0.0940. The number of benzene rings is 1. The maximum Gasteiger partial charge on any atom is 0.251 e. The molecule has 0 saturated heterocycles. The molecule has 0 radical (unpaired) electrons. The fourth-order valence-corrected chi connectivity index (χ4v) is 2.67. The van der Waals surface area contributed by atoms with Crippen LogP contribution in [0, 0.1) is 11.3 Å². The van der Waals surface area contributed by atoms with Crippen molar-refractivity contribution in [2.45, 2.75) is 26.7 Å². The Labute approximate surface area is 113 Å². The van der Waals surface area contributed by atoms with E-state index in [0.29, 0.717) is 11.3 Å². The van der Waals surface area contributed by atoms with Crippen molar-refractivity contribution in [2.24, 2.45) is 11.3 Å². The molecule has 0 aliphatic heterocycles. The van der Waals surface area contributed by atoms with Crippen LogP contribution < -0.4 is 5.32 Å². The minimum absolute atomic E-state index is 0.0371. The molecule has 0 spiro atoms. The predicted molar refractivity (Wildman–Crippen MR) is 77.1 cm³/mol. The number of aromatic amines is 1. The van der Waals surface area contributed by atoms with Gasteiger partial charge < -0.3 is 10.3 Å². The van der Waals surface area contributed by atoms with E-state index in [1.54, 1.807) is 0 Å². The number of nitrogens with one attached hydrogen (secondary N) is 2. The topological polar surface area (TPSA) is 44.9 Å². The Morgan fingerprint density at radius 2 is 2.16 bits per heavy atom. The highest BCUT2D eigenvalue weighted by Gasteiger charge is 2.45. The third-order valence-corrected chi connectivity index (χ3v) is 4.53. The molecule has 19 heavy (non-hydrogen) atoms. The van der Waals surface area contributed by atoms with E-state index in [-0.39, 0.29) is 5.91 Å². The second-order valence-corrected chi connectivity index (χ2v) is 5.98. The molecule has 0 bridgehead atoms. The molecule has 3 heteroatoms. The van der Waals surface area contributed by atoms with Crippen LogP contribution in [0.15, 0.2) is 30.5 Å². The van der Waals surface area contributed by atoms with Gasteiger partial charge in [0, 0.05) is 29.2 Å². The molecule has 1 saturated carbocycles. The third-order valence-electron chi connectivity index (χ3n) is 4.53. The number of carbonyl (C=O) groups excluding carboxylic acids is 1. The van der Waals surface area contributed by atoms with E-state index in [4.69, 9.17) is 0 Å². The summed E-state index contributed by atoms with van der Waals surface area (Å²) in [4.78, 5) is 15.3. The Morgan fingerprint density at radius 1 is 1.37 bits per heavy atom. The Bertz CT molecular complexity index is 608. The van der Waals surface area contributed by atoms with Gasteiger partial charge in [0.2, 0.25) is 0 Å². The zero-order valence-corrected chi connectivity index (χ0v) is 11.5. The van der Waals surface area contributed by atoms with E-state index in [1.807, 2.05) is 30.5 Å². The van der Waals surface area contributed by atoms with Gasteiger partial charge >= 0.3 is 0 Å². The standard InChI is InChI=1S/C16H20N2O/c1-11(2)16(6-7-16)10-18-15(19)13-3-4-14-12(9-13)5-8-17-14/h3-5,8-9,11,17H,6-7,10H2,1-2H3,(H,18,19). The van der Waals surface area contributed by atoms with Crippen molar-refractivity contribution in [3.05, 3.63) is 36.0 Å². The minimum atomic E-state index is 0.0371. The third kappa shape index (κ3) is 2.25. The highest BCUT2D eigenvalue weighted by Crippen LogP contribution is 2.51. The number of H-pyrrole nitrogens is 1. The molecule has 3 nitrogen and oxygen atoms in total. The van der Waals surface area contributed by atoms with Gasteiger partial charge in [0.25, 0.3) is 5.91 Å². The van der Waals surface area contributed by atoms with Crippen molar-refractivity contribution in [1.29, 1.82) is 0 Å². The first kappa shape index (κ1) is 12.3. The lowest BCUT2D eigenvalue weighted by Crippen LogP contribution is -2.32. The molecule has 0 unspecified atom stereocenters. The Hall–Kier alpha value is -1.77. The van der Waals surface area contributed by atoms with Crippen LogP contribution >= 0.6 is 0 Å². The summed E-state index contributed by atoms with van der Waals surface area (Å²) in [5, 5.41) is 4.17. The zero-order valence-electron chi connectivity index (χ0n) is 11.5. The Morgan fingerprint density at radius 3 is 2.84 bits per heavy atom. The highest BCUT2D eigenvalue weighted by atomic mass is 16.1. The monoisotopic (exact) mass is 256 g/mol. The zero-order chi connectivity index (χ0) is 13.5. The fourth-order valence-electron chi connectivity index (χ4n) is 2.67. The summed E-state index contributed by atoms with van der Waals surface area (Å²) in [7, 11) is 0. The molecule has 1 fully saturated rings. The van der Waals surface area contributed by atoms with Crippen LogP contribution in [0.3, 0.4) is 0 Å². The first-order valence-corrected chi connectivity index (χ1v) is 6.96. The molecule has 1 aliphatic rings. The molecule has 3 rings (SSSR count). The van der Waals surface area contributed by atoms with E-state index in [0.717, 1.165) is 23.0 Å². The van der Waals surface area contributed by atoms with E-state index < -0.39 is 0 Å². The molecular formula is C16H20N2O. The number of aromatic nitrogens is 1. The molecule has 0 atom stereocenters. The van der Waals surface area contributed by atoms with Gasteiger partial charge in [-0.05, 0) is 48.4 Å². The lowest BCUT2D eigenvalue weighted by Gasteiger charge is -2.20. The maximum atomic E-state index is 12.2. The summed E-state index contributed by atoms with van der Waals surface area (Å²) in [5.74, 6) is 0.676. The van der Waals surface area contributed by atoms with Crippen LogP contribution in [-0.4, -0.2) is 17.4 Å². The maximum absolute atomic E-state index is 12.2. The molecular weight excluding hydrogens is 236 g/mol. The summed E-state index contributed by atoms with van der Waals surface area (Å²) in [6.45, 7) is 5.28. The van der Waals surface area contributed by atoms with E-state index in [9.17, 15) is 4.79 Å². The van der Waals surface area contributed by atoms with Crippen molar-refractivity contribution in [1.82, 2.24) is 10.3 Å². The summed E-state index contributed by atoms with van der Waals surface area (Å²) in [6, 6.07) is 7.77. The largest absolute Gasteiger partial charge is 0.361 e. The van der Waals surface area contributed by atoms with Crippen LogP contribution in [0.1, 0.15) is 37.0 Å². The van der Waals surface area contributed by atoms with Gasteiger partial charge in [0.1, 0.15) is 0 Å². The number of rotatable bonds is 4. The first-order valence-electron chi connectivity index (χ1n) is 6.96. The van der Waals surface area contributed by atoms with Gasteiger partial charge in [-0.3, -0.25) is 4.79 Å². The summed E-state index contributed by atoms with van der Waals surface area (Å²) >= 11 is 0. The quantitative estimate of drug-likeness (QED) is 0.866. The molecule has 2 N–H and O–H groups in total. The second-order valence-electron chi connectivity index (χ2n) is 5.98. The van der Waals surface area contributed by atoms with Crippen molar-refractivity contribution in [3.63, 3.8) is 0 Å². The normalized spacial score (nSPS) is 16.8. The molecule has 1 amide bonds. The van der Waals surface area contributed by atoms with E-state index >= 15 is 0 Å². The minimum Gasteiger partial charge on any atom is -0.361 e. The molecule has 1 heterocycles.